The predicted octanol–water partition coefficient (Wildman–Crippen LogP) is 2.44. The van der Waals surface area contributed by atoms with Gasteiger partial charge in [0, 0.05) is 5.92 Å². The molecule has 2 aliphatic carbocycles. The Morgan fingerprint density at radius 2 is 1.53 bits per heavy atom. The van der Waals surface area contributed by atoms with Crippen molar-refractivity contribution in [2.24, 2.45) is 17.8 Å². The molecule has 0 aromatic rings. The summed E-state index contributed by atoms with van der Waals surface area (Å²) in [5.74, 6) is 2.01. The van der Waals surface area contributed by atoms with Crippen LogP contribution in [-0.4, -0.2) is 17.7 Å². The number of aliphatic hydroxyl groups is 1. The Hall–Kier alpha value is -0.570. The smallest absolute Gasteiger partial charge is 0.224 e. The van der Waals surface area contributed by atoms with Gasteiger partial charge in [0.05, 0.1) is 0 Å². The number of rotatable bonds is 3. The number of hydrogen-bond donors (Lipinski definition) is 2. The van der Waals surface area contributed by atoms with E-state index in [1.807, 2.05) is 0 Å². The molecule has 3 nitrogen and oxygen atoms in total. The standard InChI is InChI=1S/C14H25NO2/c16-10-15-14(17)13-8-6-12(7-9-13)11-4-2-1-3-5-11/h11-13,16H,1-10H2,(H,15,17). The summed E-state index contributed by atoms with van der Waals surface area (Å²) < 4.78 is 0. The fourth-order valence-corrected chi connectivity index (χ4v) is 3.68. The van der Waals surface area contributed by atoms with Crippen molar-refractivity contribution >= 4 is 5.91 Å². The fraction of sp³-hybridized carbons (Fsp3) is 0.929. The molecule has 98 valence electrons. The zero-order chi connectivity index (χ0) is 12.1. The predicted molar refractivity (Wildman–Crippen MR) is 67.3 cm³/mol. The van der Waals surface area contributed by atoms with Crippen LogP contribution in [-0.2, 0) is 4.79 Å². The SMILES string of the molecule is O=C(NCO)C1CCC(C2CCCCC2)CC1. The van der Waals surface area contributed by atoms with E-state index in [4.69, 9.17) is 5.11 Å². The van der Waals surface area contributed by atoms with Crippen LogP contribution in [0.4, 0.5) is 0 Å². The van der Waals surface area contributed by atoms with E-state index in [0.29, 0.717) is 0 Å². The molecule has 2 rings (SSSR count). The second-order valence-electron chi connectivity index (χ2n) is 5.71. The Morgan fingerprint density at radius 1 is 0.941 bits per heavy atom. The van der Waals surface area contributed by atoms with Crippen LogP contribution in [0.5, 0.6) is 0 Å². The molecule has 0 saturated heterocycles. The Bertz CT molecular complexity index is 241. The van der Waals surface area contributed by atoms with Crippen LogP contribution in [0.25, 0.3) is 0 Å². The van der Waals surface area contributed by atoms with Gasteiger partial charge in [-0.3, -0.25) is 4.79 Å². The summed E-state index contributed by atoms with van der Waals surface area (Å²) in [6, 6.07) is 0. The van der Waals surface area contributed by atoms with Crippen molar-refractivity contribution < 1.29 is 9.90 Å². The van der Waals surface area contributed by atoms with Gasteiger partial charge < -0.3 is 10.4 Å². The van der Waals surface area contributed by atoms with E-state index in [2.05, 4.69) is 5.32 Å². The van der Waals surface area contributed by atoms with Gasteiger partial charge in [-0.1, -0.05) is 32.1 Å². The van der Waals surface area contributed by atoms with E-state index in [1.165, 1.54) is 44.9 Å². The Morgan fingerprint density at radius 3 is 2.12 bits per heavy atom. The molecule has 0 unspecified atom stereocenters. The number of hydrogen-bond acceptors (Lipinski definition) is 2. The van der Waals surface area contributed by atoms with Crippen molar-refractivity contribution in [2.45, 2.75) is 57.8 Å². The number of aliphatic hydroxyl groups excluding tert-OH is 1. The van der Waals surface area contributed by atoms with Gasteiger partial charge in [0.1, 0.15) is 6.73 Å². The lowest BCUT2D eigenvalue weighted by atomic mass is 9.71. The van der Waals surface area contributed by atoms with E-state index < -0.39 is 0 Å². The van der Waals surface area contributed by atoms with E-state index in [1.54, 1.807) is 0 Å². The summed E-state index contributed by atoms with van der Waals surface area (Å²) in [6.45, 7) is -0.221. The Kier molecular flexibility index (Phi) is 4.84. The van der Waals surface area contributed by atoms with Gasteiger partial charge in [-0.15, -0.1) is 0 Å². The lowest BCUT2D eigenvalue weighted by Gasteiger charge is -2.35. The molecule has 3 heteroatoms. The summed E-state index contributed by atoms with van der Waals surface area (Å²) in [5.41, 5.74) is 0. The third-order valence-corrected chi connectivity index (χ3v) is 4.71. The molecule has 2 saturated carbocycles. The zero-order valence-corrected chi connectivity index (χ0v) is 10.7. The highest BCUT2D eigenvalue weighted by Crippen LogP contribution is 2.39. The number of amides is 1. The van der Waals surface area contributed by atoms with Gasteiger partial charge in [-0.25, -0.2) is 0 Å². The molecule has 0 atom stereocenters. The second-order valence-corrected chi connectivity index (χ2v) is 5.71. The van der Waals surface area contributed by atoms with E-state index in [-0.39, 0.29) is 18.6 Å². The number of carbonyl (C=O) groups excluding carboxylic acids is 1. The maximum absolute atomic E-state index is 11.6. The summed E-state index contributed by atoms with van der Waals surface area (Å²) in [5, 5.41) is 11.2. The van der Waals surface area contributed by atoms with Crippen LogP contribution in [0.2, 0.25) is 0 Å². The molecule has 0 aromatic heterocycles. The lowest BCUT2D eigenvalue weighted by molar-refractivity contribution is -0.127. The second kappa shape index (κ2) is 6.39. The minimum absolute atomic E-state index is 0.0506. The highest BCUT2D eigenvalue weighted by molar-refractivity contribution is 5.78. The molecule has 2 aliphatic rings. The number of carbonyl (C=O) groups is 1. The van der Waals surface area contributed by atoms with Gasteiger partial charge in [-0.2, -0.15) is 0 Å². The van der Waals surface area contributed by atoms with Crippen LogP contribution in [0.3, 0.4) is 0 Å². The van der Waals surface area contributed by atoms with Crippen LogP contribution >= 0.6 is 0 Å². The van der Waals surface area contributed by atoms with Gasteiger partial charge in [0.2, 0.25) is 5.91 Å². The summed E-state index contributed by atoms with van der Waals surface area (Å²) >= 11 is 0. The third-order valence-electron chi connectivity index (χ3n) is 4.71. The molecular weight excluding hydrogens is 214 g/mol. The Labute approximate surface area is 104 Å². The van der Waals surface area contributed by atoms with Crippen LogP contribution < -0.4 is 5.32 Å². The van der Waals surface area contributed by atoms with Crippen molar-refractivity contribution in [3.8, 4) is 0 Å². The molecular formula is C14H25NO2. The van der Waals surface area contributed by atoms with Crippen molar-refractivity contribution in [3.05, 3.63) is 0 Å². The van der Waals surface area contributed by atoms with Crippen molar-refractivity contribution in [2.75, 3.05) is 6.73 Å². The van der Waals surface area contributed by atoms with Crippen LogP contribution in [0.15, 0.2) is 0 Å². The molecule has 0 bridgehead atoms. The quantitative estimate of drug-likeness (QED) is 0.743. The van der Waals surface area contributed by atoms with Crippen molar-refractivity contribution in [1.82, 2.24) is 5.32 Å². The topological polar surface area (TPSA) is 49.3 Å². The molecule has 2 N–H and O–H groups in total. The molecule has 2 fully saturated rings. The van der Waals surface area contributed by atoms with Crippen LogP contribution in [0, 0.1) is 17.8 Å². The molecule has 17 heavy (non-hydrogen) atoms. The third kappa shape index (κ3) is 3.44. The maximum Gasteiger partial charge on any atom is 0.224 e. The molecule has 0 spiro atoms. The van der Waals surface area contributed by atoms with Gasteiger partial charge in [0.25, 0.3) is 0 Å². The van der Waals surface area contributed by atoms with Gasteiger partial charge >= 0.3 is 0 Å². The maximum atomic E-state index is 11.6. The van der Waals surface area contributed by atoms with Crippen LogP contribution in [0.1, 0.15) is 57.8 Å². The first kappa shape index (κ1) is 12.9. The highest BCUT2D eigenvalue weighted by atomic mass is 16.3. The largest absolute Gasteiger partial charge is 0.377 e. The van der Waals surface area contributed by atoms with Crippen molar-refractivity contribution in [1.29, 1.82) is 0 Å². The monoisotopic (exact) mass is 239 g/mol. The minimum atomic E-state index is -0.221. The highest BCUT2D eigenvalue weighted by Gasteiger charge is 2.30. The average Bonchev–Trinajstić information content (AvgIpc) is 2.40. The summed E-state index contributed by atoms with van der Waals surface area (Å²) in [4.78, 5) is 11.6. The van der Waals surface area contributed by atoms with Crippen molar-refractivity contribution in [3.63, 3.8) is 0 Å². The molecule has 0 radical (unpaired) electrons. The first-order valence-electron chi connectivity index (χ1n) is 7.20. The minimum Gasteiger partial charge on any atom is -0.377 e. The summed E-state index contributed by atoms with van der Waals surface area (Å²) in [6.07, 6.45) is 11.6. The lowest BCUT2D eigenvalue weighted by Crippen LogP contribution is -2.34. The van der Waals surface area contributed by atoms with E-state index >= 15 is 0 Å². The molecule has 0 heterocycles. The van der Waals surface area contributed by atoms with E-state index in [0.717, 1.165) is 24.7 Å². The first-order chi connectivity index (χ1) is 8.31. The summed E-state index contributed by atoms with van der Waals surface area (Å²) in [7, 11) is 0. The van der Waals surface area contributed by atoms with Gasteiger partial charge in [-0.05, 0) is 37.5 Å². The first-order valence-corrected chi connectivity index (χ1v) is 7.20. The molecule has 1 amide bonds. The fourth-order valence-electron chi connectivity index (χ4n) is 3.68. The normalized spacial score (nSPS) is 31.1. The van der Waals surface area contributed by atoms with E-state index in [9.17, 15) is 4.79 Å². The zero-order valence-electron chi connectivity index (χ0n) is 10.7. The average molecular weight is 239 g/mol. The molecule has 0 aromatic carbocycles. The van der Waals surface area contributed by atoms with Gasteiger partial charge in [0.15, 0.2) is 0 Å². The Balaban J connectivity index is 1.75. The number of nitrogens with one attached hydrogen (secondary N) is 1. The molecule has 0 aliphatic heterocycles.